The van der Waals surface area contributed by atoms with Crippen LogP contribution in [0.1, 0.15) is 27.2 Å². The number of nitrogens with one attached hydrogen (secondary N) is 2. The molecule has 4 heteroatoms. The Bertz CT molecular complexity index is 97.1. The van der Waals surface area contributed by atoms with Crippen LogP contribution in [0.2, 0.25) is 0 Å². The zero-order valence-electron chi connectivity index (χ0n) is 8.60. The molecule has 0 heterocycles. The lowest BCUT2D eigenvalue weighted by atomic mass is 9.96. The van der Waals surface area contributed by atoms with Gasteiger partial charge in [-0.25, -0.2) is 0 Å². The Morgan fingerprint density at radius 2 is 1.58 bits per heavy atom. The van der Waals surface area contributed by atoms with Crippen molar-refractivity contribution in [1.29, 1.82) is 0 Å². The molecule has 0 aromatic carbocycles. The molecule has 0 saturated heterocycles. The summed E-state index contributed by atoms with van der Waals surface area (Å²) in [6.07, 6.45) is 1.15. The van der Waals surface area contributed by atoms with E-state index in [2.05, 4.69) is 31.4 Å². The van der Waals surface area contributed by atoms with Crippen LogP contribution in [0.5, 0.6) is 0 Å². The van der Waals surface area contributed by atoms with Crippen LogP contribution in [0.3, 0.4) is 0 Å². The SMILES string of the molecule is CNC(C)CC(C)(C)NC.Cl.Cl. The van der Waals surface area contributed by atoms with Crippen molar-refractivity contribution in [1.82, 2.24) is 10.6 Å². The molecule has 78 valence electrons. The van der Waals surface area contributed by atoms with Crippen molar-refractivity contribution in [3.8, 4) is 0 Å². The number of hydrogen-bond acceptors (Lipinski definition) is 2. The summed E-state index contributed by atoms with van der Waals surface area (Å²) in [7, 11) is 4.00. The van der Waals surface area contributed by atoms with Crippen molar-refractivity contribution in [2.45, 2.75) is 38.8 Å². The summed E-state index contributed by atoms with van der Waals surface area (Å²) in [5, 5.41) is 6.48. The van der Waals surface area contributed by atoms with Crippen LogP contribution < -0.4 is 10.6 Å². The Morgan fingerprint density at radius 1 is 1.17 bits per heavy atom. The molecule has 0 aromatic rings. The maximum Gasteiger partial charge on any atom is 0.0136 e. The standard InChI is InChI=1S/C8H20N2.2ClH/c1-7(9-4)6-8(2,3)10-5;;/h7,9-10H,6H2,1-5H3;2*1H. The van der Waals surface area contributed by atoms with Gasteiger partial charge in [0, 0.05) is 11.6 Å². The van der Waals surface area contributed by atoms with Crippen molar-refractivity contribution in [3.05, 3.63) is 0 Å². The van der Waals surface area contributed by atoms with E-state index in [1.165, 1.54) is 0 Å². The molecule has 2 N–H and O–H groups in total. The first-order chi connectivity index (χ1) is 4.52. The molecule has 0 aliphatic rings. The highest BCUT2D eigenvalue weighted by molar-refractivity contribution is 5.85. The molecule has 0 bridgehead atoms. The average Bonchev–Trinajstić information content (AvgIpc) is 1.87. The summed E-state index contributed by atoms with van der Waals surface area (Å²) in [5.41, 5.74) is 0.252. The van der Waals surface area contributed by atoms with E-state index in [0.29, 0.717) is 6.04 Å². The minimum absolute atomic E-state index is 0. The zero-order valence-corrected chi connectivity index (χ0v) is 10.2. The third kappa shape index (κ3) is 8.60. The van der Waals surface area contributed by atoms with Gasteiger partial charge in [0.15, 0.2) is 0 Å². The van der Waals surface area contributed by atoms with E-state index in [0.717, 1.165) is 6.42 Å². The molecule has 0 amide bonds. The van der Waals surface area contributed by atoms with Gasteiger partial charge in [0.2, 0.25) is 0 Å². The van der Waals surface area contributed by atoms with E-state index in [4.69, 9.17) is 0 Å². The lowest BCUT2D eigenvalue weighted by Crippen LogP contribution is -2.41. The van der Waals surface area contributed by atoms with Gasteiger partial charge in [-0.15, -0.1) is 24.8 Å². The molecule has 0 rings (SSSR count). The van der Waals surface area contributed by atoms with E-state index >= 15 is 0 Å². The van der Waals surface area contributed by atoms with Crippen molar-refractivity contribution in [2.75, 3.05) is 14.1 Å². The van der Waals surface area contributed by atoms with E-state index < -0.39 is 0 Å². The first-order valence-electron chi connectivity index (χ1n) is 3.88. The molecule has 0 aliphatic carbocycles. The van der Waals surface area contributed by atoms with Gasteiger partial charge in [0.25, 0.3) is 0 Å². The number of hydrogen-bond donors (Lipinski definition) is 2. The second-order valence-corrected chi connectivity index (χ2v) is 3.53. The molecule has 1 unspecified atom stereocenters. The summed E-state index contributed by atoms with van der Waals surface area (Å²) < 4.78 is 0. The number of rotatable bonds is 4. The van der Waals surface area contributed by atoms with Crippen molar-refractivity contribution in [3.63, 3.8) is 0 Å². The molecule has 0 fully saturated rings. The predicted molar refractivity (Wildman–Crippen MR) is 60.8 cm³/mol. The summed E-state index contributed by atoms with van der Waals surface area (Å²) in [4.78, 5) is 0. The van der Waals surface area contributed by atoms with Crippen LogP contribution in [0.15, 0.2) is 0 Å². The van der Waals surface area contributed by atoms with Crippen LogP contribution >= 0.6 is 24.8 Å². The van der Waals surface area contributed by atoms with Crippen molar-refractivity contribution < 1.29 is 0 Å². The van der Waals surface area contributed by atoms with Gasteiger partial charge in [-0.05, 0) is 41.3 Å². The largest absolute Gasteiger partial charge is 0.317 e. The molecule has 0 saturated carbocycles. The highest BCUT2D eigenvalue weighted by Gasteiger charge is 2.16. The topological polar surface area (TPSA) is 24.1 Å². The Kier molecular flexibility index (Phi) is 12.4. The predicted octanol–water partition coefficient (Wildman–Crippen LogP) is 1.83. The van der Waals surface area contributed by atoms with E-state index in [1.807, 2.05) is 14.1 Å². The highest BCUT2D eigenvalue weighted by Crippen LogP contribution is 2.09. The molecule has 0 aliphatic heterocycles. The quantitative estimate of drug-likeness (QED) is 0.750. The molecular formula is C8H22Cl2N2. The second kappa shape index (κ2) is 8.11. The Hall–Kier alpha value is 0.500. The van der Waals surface area contributed by atoms with Gasteiger partial charge in [-0.2, -0.15) is 0 Å². The summed E-state index contributed by atoms with van der Waals surface area (Å²) >= 11 is 0. The molecular weight excluding hydrogens is 195 g/mol. The molecule has 2 nitrogen and oxygen atoms in total. The molecule has 0 aromatic heterocycles. The third-order valence-electron chi connectivity index (χ3n) is 1.99. The first kappa shape index (κ1) is 18.3. The molecule has 0 radical (unpaired) electrons. The lowest BCUT2D eigenvalue weighted by Gasteiger charge is -2.27. The fourth-order valence-electron chi connectivity index (χ4n) is 0.970. The molecule has 0 spiro atoms. The number of halogens is 2. The van der Waals surface area contributed by atoms with Crippen LogP contribution in [0.25, 0.3) is 0 Å². The maximum absolute atomic E-state index is 3.27. The van der Waals surface area contributed by atoms with Gasteiger partial charge in [0.1, 0.15) is 0 Å². The summed E-state index contributed by atoms with van der Waals surface area (Å²) in [5.74, 6) is 0. The van der Waals surface area contributed by atoms with Crippen LogP contribution in [-0.4, -0.2) is 25.7 Å². The van der Waals surface area contributed by atoms with Crippen molar-refractivity contribution >= 4 is 24.8 Å². The van der Waals surface area contributed by atoms with Gasteiger partial charge in [0.05, 0.1) is 0 Å². The summed E-state index contributed by atoms with van der Waals surface area (Å²) in [6, 6.07) is 0.586. The van der Waals surface area contributed by atoms with Gasteiger partial charge in [-0.1, -0.05) is 0 Å². The van der Waals surface area contributed by atoms with Crippen LogP contribution in [0, 0.1) is 0 Å². The van der Waals surface area contributed by atoms with Crippen LogP contribution in [0.4, 0.5) is 0 Å². The Morgan fingerprint density at radius 3 is 1.83 bits per heavy atom. The third-order valence-corrected chi connectivity index (χ3v) is 1.99. The van der Waals surface area contributed by atoms with Gasteiger partial charge >= 0.3 is 0 Å². The minimum Gasteiger partial charge on any atom is -0.317 e. The second-order valence-electron chi connectivity index (χ2n) is 3.53. The smallest absolute Gasteiger partial charge is 0.0136 e. The maximum atomic E-state index is 3.27. The van der Waals surface area contributed by atoms with Gasteiger partial charge in [-0.3, -0.25) is 0 Å². The van der Waals surface area contributed by atoms with Gasteiger partial charge < -0.3 is 10.6 Å². The molecule has 12 heavy (non-hydrogen) atoms. The normalized spacial score (nSPS) is 12.8. The highest BCUT2D eigenvalue weighted by atomic mass is 35.5. The Balaban J connectivity index is -0.000000405. The lowest BCUT2D eigenvalue weighted by molar-refractivity contribution is 0.347. The fourth-order valence-corrected chi connectivity index (χ4v) is 0.970. The van der Waals surface area contributed by atoms with Crippen LogP contribution in [-0.2, 0) is 0 Å². The fraction of sp³-hybridized carbons (Fsp3) is 1.00. The van der Waals surface area contributed by atoms with Crippen molar-refractivity contribution in [2.24, 2.45) is 0 Å². The first-order valence-corrected chi connectivity index (χ1v) is 3.88. The van der Waals surface area contributed by atoms with E-state index in [9.17, 15) is 0 Å². The Labute approximate surface area is 88.7 Å². The monoisotopic (exact) mass is 216 g/mol. The minimum atomic E-state index is 0. The summed E-state index contributed by atoms with van der Waals surface area (Å²) in [6.45, 7) is 6.61. The zero-order chi connectivity index (χ0) is 8.20. The average molecular weight is 217 g/mol. The molecule has 1 atom stereocenters. The van der Waals surface area contributed by atoms with E-state index in [1.54, 1.807) is 0 Å². The van der Waals surface area contributed by atoms with E-state index in [-0.39, 0.29) is 30.4 Å².